The maximum atomic E-state index is 12.6. The van der Waals surface area contributed by atoms with Gasteiger partial charge >= 0.3 is 11.9 Å². The number of piperidine rings is 1. The third kappa shape index (κ3) is 5.90. The first-order chi connectivity index (χ1) is 12.7. The van der Waals surface area contributed by atoms with E-state index in [1.807, 2.05) is 0 Å². The second kappa shape index (κ2) is 9.50. The molecule has 27 heavy (non-hydrogen) atoms. The van der Waals surface area contributed by atoms with Crippen LogP contribution < -0.4 is 0 Å². The van der Waals surface area contributed by atoms with E-state index >= 15 is 0 Å². The molecule has 1 aromatic rings. The van der Waals surface area contributed by atoms with Crippen LogP contribution in [-0.4, -0.2) is 72.0 Å². The van der Waals surface area contributed by atoms with Crippen molar-refractivity contribution in [2.24, 2.45) is 0 Å². The van der Waals surface area contributed by atoms with Crippen LogP contribution in [0.4, 0.5) is 0 Å². The fourth-order valence-electron chi connectivity index (χ4n) is 3.31. The van der Waals surface area contributed by atoms with E-state index < -0.39 is 22.0 Å². The zero-order valence-corrected chi connectivity index (χ0v) is 16.3. The second-order valence-corrected chi connectivity index (χ2v) is 8.82. The number of hydrogen-bond donors (Lipinski definition) is 2. The topological polar surface area (TPSA) is 115 Å². The van der Waals surface area contributed by atoms with E-state index in [0.29, 0.717) is 29.0 Å². The molecule has 8 nitrogen and oxygen atoms in total. The van der Waals surface area contributed by atoms with Gasteiger partial charge in [0.1, 0.15) is 0 Å². The molecule has 0 aliphatic carbocycles. The molecule has 0 atom stereocenters. The Morgan fingerprint density at radius 3 is 1.85 bits per heavy atom. The molecular formula is C17H23ClN2O6S. The van der Waals surface area contributed by atoms with Gasteiger partial charge in [-0.05, 0) is 63.0 Å². The molecule has 1 aromatic carbocycles. The highest BCUT2D eigenvalue weighted by Crippen LogP contribution is 2.25. The van der Waals surface area contributed by atoms with E-state index in [2.05, 4.69) is 4.90 Å². The largest absolute Gasteiger partial charge is 0.473 e. The summed E-state index contributed by atoms with van der Waals surface area (Å²) in [5.41, 5.74) is 0. The Kier molecular flexibility index (Phi) is 7.60. The van der Waals surface area contributed by atoms with E-state index in [1.54, 1.807) is 28.6 Å². The minimum Gasteiger partial charge on any atom is -0.473 e. The van der Waals surface area contributed by atoms with Gasteiger partial charge in [-0.15, -0.1) is 0 Å². The molecule has 2 aliphatic rings. The lowest BCUT2D eigenvalue weighted by atomic mass is 10.1. The molecular weight excluding hydrogens is 396 g/mol. The molecule has 0 bridgehead atoms. The molecule has 2 N–H and O–H groups in total. The van der Waals surface area contributed by atoms with E-state index in [1.165, 1.54) is 25.9 Å². The summed E-state index contributed by atoms with van der Waals surface area (Å²) in [4.78, 5) is 21.1. The van der Waals surface area contributed by atoms with E-state index in [0.717, 1.165) is 12.8 Å². The van der Waals surface area contributed by atoms with Crippen LogP contribution in [0.15, 0.2) is 29.2 Å². The first kappa shape index (κ1) is 21.6. The Morgan fingerprint density at radius 2 is 1.41 bits per heavy atom. The van der Waals surface area contributed by atoms with Gasteiger partial charge in [0.15, 0.2) is 0 Å². The normalized spacial score (nSPS) is 19.3. The van der Waals surface area contributed by atoms with Crippen LogP contribution in [0.5, 0.6) is 0 Å². The van der Waals surface area contributed by atoms with Crippen LogP contribution in [0.3, 0.4) is 0 Å². The molecule has 2 saturated heterocycles. The van der Waals surface area contributed by atoms with Crippen LogP contribution >= 0.6 is 11.6 Å². The van der Waals surface area contributed by atoms with Crippen molar-refractivity contribution in [3.63, 3.8) is 0 Å². The van der Waals surface area contributed by atoms with E-state index in [-0.39, 0.29) is 0 Å². The molecule has 2 aliphatic heterocycles. The SMILES string of the molecule is O=C(O)C(=O)O.O=S(=O)(c1ccc(Cl)cc1)N1CCC(N2CCCC2)CC1. The van der Waals surface area contributed by atoms with Gasteiger partial charge < -0.3 is 15.1 Å². The number of carboxylic acids is 2. The van der Waals surface area contributed by atoms with E-state index in [9.17, 15) is 8.42 Å². The Labute approximate surface area is 163 Å². The number of halogens is 1. The van der Waals surface area contributed by atoms with Gasteiger partial charge in [-0.2, -0.15) is 4.31 Å². The van der Waals surface area contributed by atoms with Gasteiger partial charge in [-0.1, -0.05) is 11.6 Å². The Bertz CT molecular complexity index is 742. The Hall–Kier alpha value is -1.68. The van der Waals surface area contributed by atoms with Crippen molar-refractivity contribution in [2.45, 2.75) is 36.6 Å². The number of benzene rings is 1. The van der Waals surface area contributed by atoms with Gasteiger partial charge in [0, 0.05) is 24.2 Å². The van der Waals surface area contributed by atoms with Gasteiger partial charge in [0.2, 0.25) is 10.0 Å². The van der Waals surface area contributed by atoms with Crippen LogP contribution in [0.25, 0.3) is 0 Å². The van der Waals surface area contributed by atoms with Crippen LogP contribution in [0.1, 0.15) is 25.7 Å². The quantitative estimate of drug-likeness (QED) is 0.718. The molecule has 0 aromatic heterocycles. The molecule has 0 amide bonds. The highest BCUT2D eigenvalue weighted by Gasteiger charge is 2.32. The molecule has 2 heterocycles. The van der Waals surface area contributed by atoms with Crippen molar-refractivity contribution in [3.05, 3.63) is 29.3 Å². The monoisotopic (exact) mass is 418 g/mol. The summed E-state index contributed by atoms with van der Waals surface area (Å²) in [5, 5.41) is 15.3. The highest BCUT2D eigenvalue weighted by atomic mass is 35.5. The fourth-order valence-corrected chi connectivity index (χ4v) is 4.91. The van der Waals surface area contributed by atoms with Gasteiger partial charge in [-0.3, -0.25) is 0 Å². The Morgan fingerprint density at radius 1 is 0.926 bits per heavy atom. The highest BCUT2D eigenvalue weighted by molar-refractivity contribution is 7.89. The van der Waals surface area contributed by atoms with Crippen molar-refractivity contribution >= 4 is 33.6 Å². The molecule has 0 radical (unpaired) electrons. The van der Waals surface area contributed by atoms with Crippen molar-refractivity contribution in [3.8, 4) is 0 Å². The number of carbonyl (C=O) groups is 2. The minimum atomic E-state index is -3.37. The second-order valence-electron chi connectivity index (χ2n) is 6.44. The predicted molar refractivity (Wildman–Crippen MR) is 99.3 cm³/mol. The fraction of sp³-hybridized carbons (Fsp3) is 0.529. The van der Waals surface area contributed by atoms with E-state index in [4.69, 9.17) is 31.4 Å². The lowest BCUT2D eigenvalue weighted by Gasteiger charge is -2.36. The average Bonchev–Trinajstić information content (AvgIpc) is 3.17. The first-order valence-electron chi connectivity index (χ1n) is 8.68. The van der Waals surface area contributed by atoms with Crippen LogP contribution in [-0.2, 0) is 19.6 Å². The zero-order valence-electron chi connectivity index (χ0n) is 14.8. The zero-order chi connectivity index (χ0) is 20.0. The third-order valence-corrected chi connectivity index (χ3v) is 6.88. The summed E-state index contributed by atoms with van der Waals surface area (Å²) in [7, 11) is -3.37. The number of carboxylic acid groups (broad SMARTS) is 2. The molecule has 3 rings (SSSR count). The summed E-state index contributed by atoms with van der Waals surface area (Å²) in [6.45, 7) is 3.58. The summed E-state index contributed by atoms with van der Waals surface area (Å²) < 4.78 is 26.8. The van der Waals surface area contributed by atoms with Crippen molar-refractivity contribution in [1.82, 2.24) is 9.21 Å². The van der Waals surface area contributed by atoms with Crippen LogP contribution in [0, 0.1) is 0 Å². The lowest BCUT2D eigenvalue weighted by molar-refractivity contribution is -0.159. The average molecular weight is 419 g/mol. The summed E-state index contributed by atoms with van der Waals surface area (Å²) >= 11 is 5.83. The van der Waals surface area contributed by atoms with Crippen LogP contribution in [0.2, 0.25) is 5.02 Å². The third-order valence-electron chi connectivity index (χ3n) is 4.71. The van der Waals surface area contributed by atoms with Gasteiger partial charge in [0.25, 0.3) is 0 Å². The molecule has 0 spiro atoms. The number of likely N-dealkylation sites (tertiary alicyclic amines) is 1. The van der Waals surface area contributed by atoms with Crippen molar-refractivity contribution < 1.29 is 28.2 Å². The molecule has 150 valence electrons. The van der Waals surface area contributed by atoms with Crippen molar-refractivity contribution in [1.29, 1.82) is 0 Å². The lowest BCUT2D eigenvalue weighted by Crippen LogP contribution is -2.45. The van der Waals surface area contributed by atoms with Gasteiger partial charge in [0.05, 0.1) is 4.90 Å². The predicted octanol–water partition coefficient (Wildman–Crippen LogP) is 1.74. The number of rotatable bonds is 3. The number of sulfonamides is 1. The standard InChI is InChI=1S/C15H21ClN2O2S.C2H2O4/c16-13-3-5-15(6-4-13)21(19,20)18-11-7-14(8-12-18)17-9-1-2-10-17;3-1(4)2(5)6/h3-6,14H,1-2,7-12H2;(H,3,4)(H,5,6). The van der Waals surface area contributed by atoms with Gasteiger partial charge in [-0.25, -0.2) is 18.0 Å². The molecule has 0 saturated carbocycles. The smallest absolute Gasteiger partial charge is 0.414 e. The maximum Gasteiger partial charge on any atom is 0.414 e. The number of aliphatic carboxylic acids is 2. The minimum absolute atomic E-state index is 0.339. The molecule has 2 fully saturated rings. The summed E-state index contributed by atoms with van der Waals surface area (Å²) in [6, 6.07) is 7.00. The van der Waals surface area contributed by atoms with Crippen molar-refractivity contribution in [2.75, 3.05) is 26.2 Å². The summed E-state index contributed by atoms with van der Waals surface area (Å²) in [5.74, 6) is -3.65. The Balaban J connectivity index is 0.000000380. The maximum absolute atomic E-state index is 12.6. The first-order valence-corrected chi connectivity index (χ1v) is 10.5. The number of nitrogens with zero attached hydrogens (tertiary/aromatic N) is 2. The number of hydrogen-bond acceptors (Lipinski definition) is 5. The molecule has 10 heteroatoms. The molecule has 0 unspecified atom stereocenters. The summed E-state index contributed by atoms with van der Waals surface area (Å²) in [6.07, 6.45) is 4.44.